The van der Waals surface area contributed by atoms with E-state index in [1.807, 2.05) is 20.8 Å². The lowest BCUT2D eigenvalue weighted by molar-refractivity contribution is 0.105. The van der Waals surface area contributed by atoms with Crippen molar-refractivity contribution in [1.82, 2.24) is 0 Å². The monoisotopic (exact) mass is 204 g/mol. The quantitative estimate of drug-likeness (QED) is 0.390. The molecule has 0 spiro atoms. The molecule has 0 heterocycles. The lowest BCUT2D eigenvalue weighted by atomic mass is 9.97. The molecule has 0 aliphatic carbocycles. The molecule has 2 heteroatoms. The Kier molecular flexibility index (Phi) is 3.26. The predicted molar refractivity (Wildman–Crippen MR) is 58.0 cm³/mol. The van der Waals surface area contributed by atoms with E-state index in [9.17, 15) is 9.18 Å². The van der Waals surface area contributed by atoms with Crippen LogP contribution in [0.3, 0.4) is 0 Å². The summed E-state index contributed by atoms with van der Waals surface area (Å²) in [5, 5.41) is 0. The van der Waals surface area contributed by atoms with Crippen LogP contribution in [0.15, 0.2) is 24.3 Å². The Labute approximate surface area is 89.3 Å². The van der Waals surface area contributed by atoms with Gasteiger partial charge in [0.15, 0.2) is 0 Å². The summed E-state index contributed by atoms with van der Waals surface area (Å²) in [5.41, 5.74) is -0.213. The Morgan fingerprint density at radius 3 is 2.40 bits per heavy atom. The second-order valence-corrected chi connectivity index (χ2v) is 4.31. The van der Waals surface area contributed by atoms with Gasteiger partial charge < -0.3 is 0 Å². The zero-order valence-corrected chi connectivity index (χ0v) is 9.10. The van der Waals surface area contributed by atoms with Gasteiger partial charge in [0, 0.05) is 5.41 Å². The first-order valence-corrected chi connectivity index (χ1v) is 4.72. The first-order valence-electron chi connectivity index (χ1n) is 4.72. The van der Waals surface area contributed by atoms with Crippen LogP contribution in [0.2, 0.25) is 0 Å². The number of benzene rings is 1. The summed E-state index contributed by atoms with van der Waals surface area (Å²) in [4.78, 5) is 11.5. The minimum atomic E-state index is -0.522. The van der Waals surface area contributed by atoms with Gasteiger partial charge in [0.1, 0.15) is 5.82 Å². The van der Waals surface area contributed by atoms with Crippen molar-refractivity contribution in [1.29, 1.82) is 0 Å². The molecule has 1 aromatic carbocycles. The lowest BCUT2D eigenvalue weighted by Gasteiger charge is -2.06. The standard InChI is InChI=1S/C13H13FO/c1-13(2,3)9-8-12(15)10-6-4-5-7-11(10)14/h4-7H,1-3H3. The molecule has 0 fully saturated rings. The summed E-state index contributed by atoms with van der Waals surface area (Å²) in [6.45, 7) is 5.69. The number of carbonyl (C=O) groups is 1. The number of carbonyl (C=O) groups excluding carboxylic acids is 1. The minimum absolute atomic E-state index is 0.0363. The van der Waals surface area contributed by atoms with Crippen molar-refractivity contribution < 1.29 is 9.18 Å². The van der Waals surface area contributed by atoms with E-state index in [-0.39, 0.29) is 11.0 Å². The van der Waals surface area contributed by atoms with Gasteiger partial charge in [-0.05, 0) is 38.8 Å². The number of hydrogen-bond donors (Lipinski definition) is 0. The maximum Gasteiger partial charge on any atom is 0.238 e. The van der Waals surface area contributed by atoms with Crippen LogP contribution in [-0.2, 0) is 0 Å². The average Bonchev–Trinajstić information content (AvgIpc) is 2.14. The van der Waals surface area contributed by atoms with Crippen LogP contribution in [0.5, 0.6) is 0 Å². The van der Waals surface area contributed by atoms with Crippen LogP contribution in [0, 0.1) is 23.1 Å². The molecule has 1 rings (SSSR count). The van der Waals surface area contributed by atoms with Crippen molar-refractivity contribution in [3.8, 4) is 11.8 Å². The number of hydrogen-bond acceptors (Lipinski definition) is 1. The van der Waals surface area contributed by atoms with Crippen LogP contribution >= 0.6 is 0 Å². The molecule has 0 aliphatic rings. The molecular weight excluding hydrogens is 191 g/mol. The molecule has 0 saturated heterocycles. The molecule has 0 saturated carbocycles. The summed E-state index contributed by atoms with van der Waals surface area (Å²) in [5.74, 6) is 4.24. The van der Waals surface area contributed by atoms with Gasteiger partial charge in [0.05, 0.1) is 5.56 Å². The maximum absolute atomic E-state index is 13.2. The van der Waals surface area contributed by atoms with Crippen molar-refractivity contribution in [2.24, 2.45) is 5.41 Å². The Hall–Kier alpha value is -1.62. The molecule has 1 nitrogen and oxygen atoms in total. The van der Waals surface area contributed by atoms with Crippen LogP contribution < -0.4 is 0 Å². The highest BCUT2D eigenvalue weighted by Gasteiger charge is 2.09. The predicted octanol–water partition coefficient (Wildman–Crippen LogP) is 3.06. The van der Waals surface area contributed by atoms with Crippen LogP contribution in [0.25, 0.3) is 0 Å². The summed E-state index contributed by atoms with van der Waals surface area (Å²) >= 11 is 0. The first-order chi connectivity index (χ1) is 6.90. The normalized spacial score (nSPS) is 10.4. The molecule has 0 aliphatic heterocycles. The molecule has 0 unspecified atom stereocenters. The molecule has 0 aromatic heterocycles. The molecular formula is C13H13FO. The Morgan fingerprint density at radius 1 is 1.27 bits per heavy atom. The zero-order valence-electron chi connectivity index (χ0n) is 9.10. The van der Waals surface area contributed by atoms with Crippen molar-refractivity contribution in [3.05, 3.63) is 35.6 Å². The number of Topliss-reactive ketones (excluding diaryl/α,β-unsaturated/α-hetero) is 1. The number of halogens is 1. The molecule has 0 amide bonds. The van der Waals surface area contributed by atoms with E-state index in [0.29, 0.717) is 0 Å². The lowest BCUT2D eigenvalue weighted by Crippen LogP contribution is -2.03. The van der Waals surface area contributed by atoms with E-state index in [1.165, 1.54) is 12.1 Å². The average molecular weight is 204 g/mol. The second-order valence-electron chi connectivity index (χ2n) is 4.31. The topological polar surface area (TPSA) is 17.1 Å². The van der Waals surface area contributed by atoms with Gasteiger partial charge >= 0.3 is 0 Å². The van der Waals surface area contributed by atoms with Gasteiger partial charge in [-0.2, -0.15) is 0 Å². The smallest absolute Gasteiger partial charge is 0.238 e. The van der Waals surface area contributed by atoms with E-state index in [2.05, 4.69) is 11.8 Å². The fourth-order valence-corrected chi connectivity index (χ4v) is 0.957. The van der Waals surface area contributed by atoms with Gasteiger partial charge in [-0.15, -0.1) is 0 Å². The number of rotatable bonds is 1. The fraction of sp³-hybridized carbons (Fsp3) is 0.308. The Morgan fingerprint density at radius 2 is 1.87 bits per heavy atom. The van der Waals surface area contributed by atoms with Gasteiger partial charge in [-0.25, -0.2) is 4.39 Å². The fourth-order valence-electron chi connectivity index (χ4n) is 0.957. The molecule has 78 valence electrons. The van der Waals surface area contributed by atoms with Crippen molar-refractivity contribution >= 4 is 5.78 Å². The van der Waals surface area contributed by atoms with Crippen molar-refractivity contribution in [3.63, 3.8) is 0 Å². The van der Waals surface area contributed by atoms with Crippen molar-refractivity contribution in [2.45, 2.75) is 20.8 Å². The van der Waals surface area contributed by atoms with E-state index in [0.717, 1.165) is 0 Å². The SMILES string of the molecule is CC(C)(C)C#CC(=O)c1ccccc1F. The molecule has 1 aromatic rings. The van der Waals surface area contributed by atoms with Gasteiger partial charge in [-0.3, -0.25) is 4.79 Å². The molecule has 15 heavy (non-hydrogen) atoms. The summed E-state index contributed by atoms with van der Waals surface area (Å²) in [7, 11) is 0. The number of ketones is 1. The Bertz CT molecular complexity index is 430. The zero-order chi connectivity index (χ0) is 11.5. The third-order valence-corrected chi connectivity index (χ3v) is 1.67. The molecule has 0 radical (unpaired) electrons. The van der Waals surface area contributed by atoms with Crippen LogP contribution in [0.4, 0.5) is 4.39 Å². The highest BCUT2D eigenvalue weighted by molar-refractivity contribution is 6.09. The minimum Gasteiger partial charge on any atom is -0.279 e. The highest BCUT2D eigenvalue weighted by atomic mass is 19.1. The van der Waals surface area contributed by atoms with Gasteiger partial charge in [-0.1, -0.05) is 18.1 Å². The summed E-state index contributed by atoms with van der Waals surface area (Å²) < 4.78 is 13.2. The third-order valence-electron chi connectivity index (χ3n) is 1.67. The summed E-state index contributed by atoms with van der Waals surface area (Å²) in [6.07, 6.45) is 0. The van der Waals surface area contributed by atoms with Crippen LogP contribution in [-0.4, -0.2) is 5.78 Å². The maximum atomic E-state index is 13.2. The molecule has 0 atom stereocenters. The van der Waals surface area contributed by atoms with E-state index in [4.69, 9.17) is 0 Å². The van der Waals surface area contributed by atoms with Crippen molar-refractivity contribution in [2.75, 3.05) is 0 Å². The summed E-state index contributed by atoms with van der Waals surface area (Å²) in [6, 6.07) is 5.86. The van der Waals surface area contributed by atoms with Gasteiger partial charge in [0.2, 0.25) is 5.78 Å². The molecule has 0 N–H and O–H groups in total. The Balaban J connectivity index is 2.96. The highest BCUT2D eigenvalue weighted by Crippen LogP contribution is 2.11. The molecule has 0 bridgehead atoms. The van der Waals surface area contributed by atoms with E-state index >= 15 is 0 Å². The third kappa shape index (κ3) is 3.55. The van der Waals surface area contributed by atoms with Gasteiger partial charge in [0.25, 0.3) is 0 Å². The second kappa shape index (κ2) is 4.27. The first kappa shape index (κ1) is 11.5. The van der Waals surface area contributed by atoms with E-state index in [1.54, 1.807) is 12.1 Å². The van der Waals surface area contributed by atoms with E-state index < -0.39 is 11.6 Å². The largest absolute Gasteiger partial charge is 0.279 e. The van der Waals surface area contributed by atoms with Crippen LogP contribution in [0.1, 0.15) is 31.1 Å².